The number of hydrogen-bond donors (Lipinski definition) is 1. The van der Waals surface area contributed by atoms with E-state index in [4.69, 9.17) is 4.52 Å². The molecule has 0 atom stereocenters. The van der Waals surface area contributed by atoms with Crippen LogP contribution in [0.1, 0.15) is 32.0 Å². The van der Waals surface area contributed by atoms with Crippen LogP contribution in [0.25, 0.3) is 0 Å². The van der Waals surface area contributed by atoms with Crippen molar-refractivity contribution < 1.29 is 14.1 Å². The summed E-state index contributed by atoms with van der Waals surface area (Å²) in [5.41, 5.74) is 1.17. The Hall–Kier alpha value is -3.21. The monoisotopic (exact) mass is 306 g/mol. The highest BCUT2D eigenvalue weighted by Crippen LogP contribution is 2.17. The molecule has 3 aromatic rings. The molecule has 1 heterocycles. The van der Waals surface area contributed by atoms with E-state index >= 15 is 0 Å². The van der Waals surface area contributed by atoms with Gasteiger partial charge in [-0.15, -0.1) is 0 Å². The number of rotatable bonds is 4. The summed E-state index contributed by atoms with van der Waals surface area (Å²) in [4.78, 5) is 25.0. The van der Waals surface area contributed by atoms with E-state index in [1.807, 2.05) is 6.07 Å². The van der Waals surface area contributed by atoms with Gasteiger partial charge in [0.25, 0.3) is 5.91 Å². The lowest BCUT2D eigenvalue weighted by Crippen LogP contribution is -2.17. The molecule has 0 radical (unpaired) electrons. The number of benzene rings is 2. The molecule has 0 aliphatic rings. The van der Waals surface area contributed by atoms with Gasteiger partial charge in [-0.3, -0.25) is 9.59 Å². The first-order valence-electron chi connectivity index (χ1n) is 7.08. The highest BCUT2D eigenvalue weighted by Gasteiger charge is 2.18. The summed E-state index contributed by atoms with van der Waals surface area (Å²) < 4.78 is 4.92. The van der Waals surface area contributed by atoms with Crippen LogP contribution < -0.4 is 5.32 Å². The number of hydrogen-bond acceptors (Lipinski definition) is 4. The summed E-state index contributed by atoms with van der Waals surface area (Å²) in [6, 6.07) is 17.1. The topological polar surface area (TPSA) is 72.2 Å². The average Bonchev–Trinajstić information content (AvgIpc) is 3.00. The molecule has 0 aliphatic carbocycles. The Labute approximate surface area is 132 Å². The third-order valence-electron chi connectivity index (χ3n) is 3.32. The summed E-state index contributed by atoms with van der Waals surface area (Å²) in [5.74, 6) is 0.300. The van der Waals surface area contributed by atoms with Gasteiger partial charge in [0.15, 0.2) is 11.6 Å². The van der Waals surface area contributed by atoms with Gasteiger partial charge in [-0.2, -0.15) is 0 Å². The molecule has 0 unspecified atom stereocenters. The molecule has 1 amide bonds. The van der Waals surface area contributed by atoms with Crippen molar-refractivity contribution in [2.24, 2.45) is 0 Å². The van der Waals surface area contributed by atoms with Crippen molar-refractivity contribution in [3.63, 3.8) is 0 Å². The van der Waals surface area contributed by atoms with Crippen molar-refractivity contribution in [1.82, 2.24) is 5.16 Å². The Morgan fingerprint density at radius 3 is 2.26 bits per heavy atom. The van der Waals surface area contributed by atoms with Gasteiger partial charge in [0.2, 0.25) is 0 Å². The number of amides is 1. The third-order valence-corrected chi connectivity index (χ3v) is 3.32. The molecule has 5 nitrogen and oxygen atoms in total. The zero-order valence-electron chi connectivity index (χ0n) is 12.4. The van der Waals surface area contributed by atoms with Gasteiger partial charge in [0.1, 0.15) is 5.76 Å². The summed E-state index contributed by atoms with van der Waals surface area (Å²) >= 11 is 0. The summed E-state index contributed by atoms with van der Waals surface area (Å²) in [5, 5.41) is 6.35. The first-order chi connectivity index (χ1) is 11.1. The number of carbonyl (C=O) groups is 2. The molecule has 5 heteroatoms. The van der Waals surface area contributed by atoms with E-state index < -0.39 is 5.91 Å². The molecule has 0 saturated heterocycles. The lowest BCUT2D eigenvalue weighted by atomic mass is 9.98. The van der Waals surface area contributed by atoms with Crippen molar-refractivity contribution in [1.29, 1.82) is 0 Å². The molecule has 114 valence electrons. The molecule has 0 fully saturated rings. The minimum absolute atomic E-state index is 0.201. The molecule has 1 aromatic heterocycles. The fraction of sp³-hybridized carbons (Fsp3) is 0.0556. The molecule has 0 spiro atoms. The first kappa shape index (κ1) is 14.7. The smallest absolute Gasteiger partial charge is 0.257 e. The maximum Gasteiger partial charge on any atom is 0.257 e. The van der Waals surface area contributed by atoms with Crippen LogP contribution in [-0.4, -0.2) is 16.8 Å². The van der Waals surface area contributed by atoms with Gasteiger partial charge in [-0.25, -0.2) is 0 Å². The quantitative estimate of drug-likeness (QED) is 0.749. The molecule has 3 rings (SSSR count). The number of anilines is 1. The standard InChI is InChI=1S/C18H14N2O3/c1-12-11-16(20-23-12)19-18(22)15-10-6-5-9-14(15)17(21)13-7-3-2-4-8-13/h2-11H,1H3,(H,19,20,22). The minimum atomic E-state index is -0.404. The predicted molar refractivity (Wildman–Crippen MR) is 85.5 cm³/mol. The maximum atomic E-state index is 12.6. The molecular weight excluding hydrogens is 292 g/mol. The first-order valence-corrected chi connectivity index (χ1v) is 7.08. The van der Waals surface area contributed by atoms with E-state index in [0.717, 1.165) is 0 Å². The van der Waals surface area contributed by atoms with E-state index in [1.54, 1.807) is 61.5 Å². The third kappa shape index (κ3) is 3.18. The zero-order chi connectivity index (χ0) is 16.2. The molecule has 0 saturated carbocycles. The van der Waals surface area contributed by atoms with Gasteiger partial charge in [0, 0.05) is 17.2 Å². The maximum absolute atomic E-state index is 12.6. The molecule has 1 N–H and O–H groups in total. The van der Waals surface area contributed by atoms with Crippen molar-refractivity contribution in [2.45, 2.75) is 6.92 Å². The Morgan fingerprint density at radius 1 is 0.957 bits per heavy atom. The van der Waals surface area contributed by atoms with Crippen LogP contribution >= 0.6 is 0 Å². The van der Waals surface area contributed by atoms with Crippen molar-refractivity contribution in [2.75, 3.05) is 5.32 Å². The Balaban J connectivity index is 1.91. The van der Waals surface area contributed by atoms with Crippen LogP contribution in [0.15, 0.2) is 65.2 Å². The zero-order valence-corrected chi connectivity index (χ0v) is 12.4. The Morgan fingerprint density at radius 2 is 1.61 bits per heavy atom. The van der Waals surface area contributed by atoms with E-state index in [0.29, 0.717) is 28.3 Å². The largest absolute Gasteiger partial charge is 0.360 e. The van der Waals surface area contributed by atoms with E-state index in [9.17, 15) is 9.59 Å². The highest BCUT2D eigenvalue weighted by molar-refractivity contribution is 6.17. The highest BCUT2D eigenvalue weighted by atomic mass is 16.5. The van der Waals surface area contributed by atoms with Crippen molar-refractivity contribution in [3.05, 3.63) is 83.1 Å². The SMILES string of the molecule is Cc1cc(NC(=O)c2ccccc2C(=O)c2ccccc2)no1. The lowest BCUT2D eigenvalue weighted by Gasteiger charge is -2.08. The number of nitrogens with one attached hydrogen (secondary N) is 1. The predicted octanol–water partition coefficient (Wildman–Crippen LogP) is 3.47. The van der Waals surface area contributed by atoms with Gasteiger partial charge in [-0.1, -0.05) is 53.7 Å². The number of ketones is 1. The van der Waals surface area contributed by atoms with Crippen LogP contribution in [0, 0.1) is 6.92 Å². The second-order valence-electron chi connectivity index (χ2n) is 5.02. The van der Waals surface area contributed by atoms with Crippen molar-refractivity contribution >= 4 is 17.5 Å². The fourth-order valence-corrected chi connectivity index (χ4v) is 2.23. The molecule has 0 bridgehead atoms. The van der Waals surface area contributed by atoms with Gasteiger partial charge >= 0.3 is 0 Å². The van der Waals surface area contributed by atoms with E-state index in [-0.39, 0.29) is 5.78 Å². The fourth-order valence-electron chi connectivity index (χ4n) is 2.23. The number of carbonyl (C=O) groups excluding carboxylic acids is 2. The van der Waals surface area contributed by atoms with Crippen LogP contribution in [-0.2, 0) is 0 Å². The van der Waals surface area contributed by atoms with Crippen LogP contribution in [0.5, 0.6) is 0 Å². The van der Waals surface area contributed by atoms with E-state index in [1.165, 1.54) is 0 Å². The molecule has 23 heavy (non-hydrogen) atoms. The number of aromatic nitrogens is 1. The van der Waals surface area contributed by atoms with Crippen LogP contribution in [0.4, 0.5) is 5.82 Å². The Bertz CT molecular complexity index is 853. The molecule has 2 aromatic carbocycles. The second-order valence-corrected chi connectivity index (χ2v) is 5.02. The minimum Gasteiger partial charge on any atom is -0.360 e. The van der Waals surface area contributed by atoms with Gasteiger partial charge in [0.05, 0.1) is 5.56 Å². The van der Waals surface area contributed by atoms with Crippen molar-refractivity contribution in [3.8, 4) is 0 Å². The summed E-state index contributed by atoms with van der Waals surface area (Å²) in [6.07, 6.45) is 0. The lowest BCUT2D eigenvalue weighted by molar-refractivity contribution is 0.0996. The second kappa shape index (κ2) is 6.27. The summed E-state index contributed by atoms with van der Waals surface area (Å²) in [6.45, 7) is 1.73. The average molecular weight is 306 g/mol. The number of aryl methyl sites for hydroxylation is 1. The van der Waals surface area contributed by atoms with E-state index in [2.05, 4.69) is 10.5 Å². The van der Waals surface area contributed by atoms with Gasteiger partial charge in [-0.05, 0) is 13.0 Å². The molecular formula is C18H14N2O3. The summed E-state index contributed by atoms with van der Waals surface area (Å²) in [7, 11) is 0. The number of nitrogens with zero attached hydrogens (tertiary/aromatic N) is 1. The Kier molecular flexibility index (Phi) is 4.01. The molecule has 0 aliphatic heterocycles. The normalized spacial score (nSPS) is 10.3. The van der Waals surface area contributed by atoms with Crippen LogP contribution in [0.2, 0.25) is 0 Å². The van der Waals surface area contributed by atoms with Gasteiger partial charge < -0.3 is 9.84 Å². The van der Waals surface area contributed by atoms with Crippen LogP contribution in [0.3, 0.4) is 0 Å².